The van der Waals surface area contributed by atoms with E-state index in [9.17, 15) is 9.59 Å². The van der Waals surface area contributed by atoms with Gasteiger partial charge in [0.2, 0.25) is 0 Å². The van der Waals surface area contributed by atoms with Gasteiger partial charge in [0.05, 0.1) is 10.6 Å². The maximum Gasteiger partial charge on any atom is 0.337 e. The first-order chi connectivity index (χ1) is 12.7. The monoisotopic (exact) mass is 390 g/mol. The third-order valence-electron chi connectivity index (χ3n) is 3.53. The van der Waals surface area contributed by atoms with Gasteiger partial charge in [0.25, 0.3) is 5.91 Å². The first-order valence-electron chi connectivity index (χ1n) is 8.44. The highest BCUT2D eigenvalue weighted by Crippen LogP contribution is 2.23. The molecule has 7 heteroatoms. The summed E-state index contributed by atoms with van der Waals surface area (Å²) in [5.41, 5.74) is 1.28. The number of nitrogens with one attached hydrogen (secondary N) is 2. The molecule has 2 aromatic rings. The average Bonchev–Trinajstić information content (AvgIpc) is 2.57. The van der Waals surface area contributed by atoms with Gasteiger partial charge in [-0.15, -0.1) is 0 Å². The van der Waals surface area contributed by atoms with Crippen LogP contribution in [0.3, 0.4) is 0 Å². The number of hydrogen-bond acceptors (Lipinski definition) is 4. The Morgan fingerprint density at radius 3 is 2.48 bits per heavy atom. The Hall–Kier alpha value is -2.73. The fourth-order valence-corrected chi connectivity index (χ4v) is 2.65. The molecule has 27 heavy (non-hydrogen) atoms. The number of amides is 1. The Morgan fingerprint density at radius 2 is 1.85 bits per heavy atom. The second-order valence-corrected chi connectivity index (χ2v) is 7.46. The molecule has 0 aliphatic heterocycles. The van der Waals surface area contributed by atoms with Crippen molar-refractivity contribution in [2.24, 2.45) is 0 Å². The average molecular weight is 391 g/mol. The minimum atomic E-state index is -1.07. The Balaban J connectivity index is 2.00. The summed E-state index contributed by atoms with van der Waals surface area (Å²) >= 11 is 5.98. The molecule has 6 nitrogen and oxygen atoms in total. The van der Waals surface area contributed by atoms with Crippen molar-refractivity contribution in [1.82, 2.24) is 5.32 Å². The number of rotatable bonds is 7. The summed E-state index contributed by atoms with van der Waals surface area (Å²) in [6.45, 7) is 6.07. The number of aromatic carboxylic acids is 1. The van der Waals surface area contributed by atoms with E-state index in [-0.39, 0.29) is 28.6 Å². The van der Waals surface area contributed by atoms with Gasteiger partial charge in [-0.1, -0.05) is 29.8 Å². The molecule has 0 heterocycles. The van der Waals surface area contributed by atoms with Gasteiger partial charge in [-0.25, -0.2) is 4.79 Å². The standard InChI is InChI=1S/C20H23ClN2O4/c1-20(2,3)23-18(24)12-27-17-7-5-4-6-13(17)11-22-14-8-9-15(19(25)26)16(21)10-14/h4-10,22H,11-12H2,1-3H3,(H,23,24)(H,25,26). The molecule has 0 aliphatic rings. The zero-order valence-corrected chi connectivity index (χ0v) is 16.3. The lowest BCUT2D eigenvalue weighted by Gasteiger charge is -2.21. The zero-order chi connectivity index (χ0) is 20.0. The number of carboxylic acids is 1. The number of ether oxygens (including phenoxy) is 1. The van der Waals surface area contributed by atoms with Gasteiger partial charge < -0.3 is 20.5 Å². The fraction of sp³-hybridized carbons (Fsp3) is 0.300. The molecular formula is C20H23ClN2O4. The van der Waals surface area contributed by atoms with Crippen LogP contribution < -0.4 is 15.4 Å². The van der Waals surface area contributed by atoms with Crippen LogP contribution in [-0.4, -0.2) is 29.1 Å². The van der Waals surface area contributed by atoms with E-state index in [1.807, 2.05) is 39.0 Å². The van der Waals surface area contributed by atoms with Crippen LogP contribution in [0.2, 0.25) is 5.02 Å². The Morgan fingerprint density at radius 1 is 1.15 bits per heavy atom. The second kappa shape index (κ2) is 8.77. The molecule has 0 atom stereocenters. The SMILES string of the molecule is CC(C)(C)NC(=O)COc1ccccc1CNc1ccc(C(=O)O)c(Cl)c1. The third-order valence-corrected chi connectivity index (χ3v) is 3.84. The van der Waals surface area contributed by atoms with Crippen molar-refractivity contribution in [3.63, 3.8) is 0 Å². The largest absolute Gasteiger partial charge is 0.483 e. The lowest BCUT2D eigenvalue weighted by Crippen LogP contribution is -2.43. The minimum absolute atomic E-state index is 0.0517. The van der Waals surface area contributed by atoms with Gasteiger partial charge in [-0.05, 0) is 45.0 Å². The third kappa shape index (κ3) is 6.49. The summed E-state index contributed by atoms with van der Waals surface area (Å²) in [6.07, 6.45) is 0. The molecule has 2 aromatic carbocycles. The van der Waals surface area contributed by atoms with Crippen molar-refractivity contribution >= 4 is 29.2 Å². The molecule has 1 amide bonds. The van der Waals surface area contributed by atoms with Crippen molar-refractivity contribution < 1.29 is 19.4 Å². The first-order valence-corrected chi connectivity index (χ1v) is 8.82. The molecule has 0 unspecified atom stereocenters. The number of carbonyl (C=O) groups excluding carboxylic acids is 1. The quantitative estimate of drug-likeness (QED) is 0.666. The summed E-state index contributed by atoms with van der Waals surface area (Å²) in [5.74, 6) is -0.664. The zero-order valence-electron chi connectivity index (χ0n) is 15.5. The molecule has 0 radical (unpaired) electrons. The normalized spacial score (nSPS) is 11.0. The Labute approximate surface area is 163 Å². The molecule has 2 rings (SSSR count). The van der Waals surface area contributed by atoms with Crippen molar-refractivity contribution in [2.45, 2.75) is 32.9 Å². The van der Waals surface area contributed by atoms with Crippen LogP contribution in [0, 0.1) is 0 Å². The van der Waals surface area contributed by atoms with Crippen LogP contribution in [0.5, 0.6) is 5.75 Å². The Bertz CT molecular complexity index is 831. The predicted molar refractivity (Wildman–Crippen MR) is 106 cm³/mol. The van der Waals surface area contributed by atoms with E-state index in [4.69, 9.17) is 21.4 Å². The van der Waals surface area contributed by atoms with E-state index in [0.717, 1.165) is 5.56 Å². The summed E-state index contributed by atoms with van der Waals surface area (Å²) in [7, 11) is 0. The summed E-state index contributed by atoms with van der Waals surface area (Å²) in [6, 6.07) is 12.0. The molecule has 0 saturated carbocycles. The number of anilines is 1. The van der Waals surface area contributed by atoms with E-state index < -0.39 is 5.97 Å². The lowest BCUT2D eigenvalue weighted by atomic mass is 10.1. The highest BCUT2D eigenvalue weighted by atomic mass is 35.5. The second-order valence-electron chi connectivity index (χ2n) is 7.05. The van der Waals surface area contributed by atoms with Gasteiger partial charge in [0.15, 0.2) is 6.61 Å². The van der Waals surface area contributed by atoms with E-state index in [2.05, 4.69) is 10.6 Å². The number of hydrogen-bond donors (Lipinski definition) is 3. The number of carboxylic acid groups (broad SMARTS) is 1. The van der Waals surface area contributed by atoms with Crippen molar-refractivity contribution in [3.8, 4) is 5.75 Å². The van der Waals surface area contributed by atoms with E-state index in [0.29, 0.717) is 18.0 Å². The summed E-state index contributed by atoms with van der Waals surface area (Å²) in [4.78, 5) is 22.9. The highest BCUT2D eigenvalue weighted by Gasteiger charge is 2.15. The number of para-hydroxylation sites is 1. The van der Waals surface area contributed by atoms with Crippen LogP contribution in [0.1, 0.15) is 36.7 Å². The van der Waals surface area contributed by atoms with Gasteiger partial charge in [-0.3, -0.25) is 4.79 Å². The van der Waals surface area contributed by atoms with Crippen LogP contribution in [0.25, 0.3) is 0 Å². The molecule has 0 fully saturated rings. The van der Waals surface area contributed by atoms with Gasteiger partial charge in [0.1, 0.15) is 5.75 Å². The van der Waals surface area contributed by atoms with Crippen molar-refractivity contribution in [2.75, 3.05) is 11.9 Å². The Kier molecular flexibility index (Phi) is 6.69. The molecule has 144 valence electrons. The molecule has 0 saturated heterocycles. The summed E-state index contributed by atoms with van der Waals surface area (Å²) < 4.78 is 5.65. The van der Waals surface area contributed by atoms with E-state index in [1.54, 1.807) is 18.2 Å². The molecule has 0 spiro atoms. The number of benzene rings is 2. The lowest BCUT2D eigenvalue weighted by molar-refractivity contribution is -0.124. The minimum Gasteiger partial charge on any atom is -0.483 e. The molecule has 0 aromatic heterocycles. The van der Waals surface area contributed by atoms with Gasteiger partial charge in [0, 0.05) is 23.3 Å². The number of halogens is 1. The van der Waals surface area contributed by atoms with E-state index >= 15 is 0 Å². The molecule has 3 N–H and O–H groups in total. The maximum atomic E-state index is 11.9. The van der Waals surface area contributed by atoms with Crippen LogP contribution >= 0.6 is 11.6 Å². The first kappa shape index (κ1) is 20.6. The molecular weight excluding hydrogens is 368 g/mol. The smallest absolute Gasteiger partial charge is 0.337 e. The van der Waals surface area contributed by atoms with Crippen LogP contribution in [0.15, 0.2) is 42.5 Å². The topological polar surface area (TPSA) is 87.7 Å². The van der Waals surface area contributed by atoms with Gasteiger partial charge >= 0.3 is 5.97 Å². The van der Waals surface area contributed by atoms with Crippen molar-refractivity contribution in [3.05, 3.63) is 58.6 Å². The van der Waals surface area contributed by atoms with Crippen LogP contribution in [-0.2, 0) is 11.3 Å². The highest BCUT2D eigenvalue weighted by molar-refractivity contribution is 6.33. The van der Waals surface area contributed by atoms with Crippen LogP contribution in [0.4, 0.5) is 5.69 Å². The maximum absolute atomic E-state index is 11.9. The molecule has 0 aliphatic carbocycles. The van der Waals surface area contributed by atoms with E-state index in [1.165, 1.54) is 6.07 Å². The summed E-state index contributed by atoms with van der Waals surface area (Å²) in [5, 5.41) is 15.2. The molecule has 0 bridgehead atoms. The van der Waals surface area contributed by atoms with Crippen molar-refractivity contribution in [1.29, 1.82) is 0 Å². The number of carbonyl (C=O) groups is 2. The predicted octanol–water partition coefficient (Wildman–Crippen LogP) is 3.94. The fourth-order valence-electron chi connectivity index (χ4n) is 2.38. The van der Waals surface area contributed by atoms with Gasteiger partial charge in [-0.2, -0.15) is 0 Å².